The largest absolute Gasteiger partial charge is 0.322 e. The Hall–Kier alpha value is -3.19. The lowest BCUT2D eigenvalue weighted by atomic mass is 10.1. The van der Waals surface area contributed by atoms with Crippen LogP contribution >= 0.6 is 11.8 Å². The van der Waals surface area contributed by atoms with Gasteiger partial charge in [0, 0.05) is 46.7 Å². The highest BCUT2D eigenvalue weighted by atomic mass is 32.2. The Labute approximate surface area is 179 Å². The van der Waals surface area contributed by atoms with Gasteiger partial charge in [-0.15, -0.1) is 0 Å². The Morgan fingerprint density at radius 3 is 2.37 bits per heavy atom. The molecule has 0 unspecified atom stereocenters. The smallest absolute Gasteiger partial charge is 0.255 e. The molecule has 1 N–H and O–H groups in total. The van der Waals surface area contributed by atoms with Crippen LogP contribution in [-0.4, -0.2) is 28.3 Å². The van der Waals surface area contributed by atoms with Crippen molar-refractivity contribution in [1.82, 2.24) is 9.97 Å². The summed E-state index contributed by atoms with van der Waals surface area (Å²) >= 11 is 1.49. The summed E-state index contributed by atoms with van der Waals surface area (Å²) in [7, 11) is 0. The summed E-state index contributed by atoms with van der Waals surface area (Å²) in [5, 5.41) is 3.64. The molecule has 2 amide bonds. The van der Waals surface area contributed by atoms with E-state index in [1.807, 2.05) is 56.3 Å². The zero-order chi connectivity index (χ0) is 21.3. The van der Waals surface area contributed by atoms with Gasteiger partial charge in [-0.05, 0) is 86.1 Å². The topological polar surface area (TPSA) is 75.2 Å². The maximum atomic E-state index is 12.7. The maximum Gasteiger partial charge on any atom is 0.255 e. The van der Waals surface area contributed by atoms with Crippen molar-refractivity contribution in [3.8, 4) is 0 Å². The van der Waals surface area contributed by atoms with Crippen LogP contribution < -0.4 is 10.2 Å². The lowest BCUT2D eigenvalue weighted by Crippen LogP contribution is -2.25. The average Bonchev–Trinajstić information content (AvgIpc) is 3.12. The number of carbonyl (C=O) groups excluding carboxylic acids is 2. The summed E-state index contributed by atoms with van der Waals surface area (Å²) in [4.78, 5) is 36.0. The molecule has 6 nitrogen and oxygen atoms in total. The normalized spacial score (nSPS) is 12.6. The van der Waals surface area contributed by atoms with Gasteiger partial charge in [0.1, 0.15) is 0 Å². The van der Waals surface area contributed by atoms with E-state index in [0.29, 0.717) is 17.3 Å². The van der Waals surface area contributed by atoms with E-state index in [-0.39, 0.29) is 11.8 Å². The summed E-state index contributed by atoms with van der Waals surface area (Å²) in [6.45, 7) is 6.13. The molecular formula is C23H22N4O2S. The summed E-state index contributed by atoms with van der Waals surface area (Å²) < 4.78 is 0. The molecule has 0 radical (unpaired) electrons. The highest BCUT2D eigenvalue weighted by Gasteiger charge is 2.23. The monoisotopic (exact) mass is 418 g/mol. The molecule has 1 aliphatic heterocycles. The lowest BCUT2D eigenvalue weighted by molar-refractivity contribution is -0.116. The molecule has 0 fully saturated rings. The van der Waals surface area contributed by atoms with E-state index in [1.165, 1.54) is 11.8 Å². The molecule has 0 atom stereocenters. The zero-order valence-electron chi connectivity index (χ0n) is 17.1. The number of fused-ring (bicyclic) bond motifs is 1. The van der Waals surface area contributed by atoms with Gasteiger partial charge in [0.15, 0.2) is 5.16 Å². The number of rotatable bonds is 4. The van der Waals surface area contributed by atoms with Crippen LogP contribution in [0.5, 0.6) is 0 Å². The van der Waals surface area contributed by atoms with Crippen molar-refractivity contribution in [2.75, 3.05) is 16.8 Å². The number of hydrogen-bond donors (Lipinski definition) is 1. The number of aromatic nitrogens is 2. The van der Waals surface area contributed by atoms with Crippen molar-refractivity contribution in [3.63, 3.8) is 0 Å². The van der Waals surface area contributed by atoms with E-state index in [4.69, 9.17) is 0 Å². The van der Waals surface area contributed by atoms with E-state index in [0.717, 1.165) is 39.6 Å². The SMILES string of the molecule is CC(=O)N1CCc2cc(C(=O)Nc3ccc(Sc4nc(C)cc(C)n4)cc3)ccc21. The first-order valence-corrected chi connectivity index (χ1v) is 10.5. The minimum atomic E-state index is -0.169. The van der Waals surface area contributed by atoms with Crippen molar-refractivity contribution in [2.45, 2.75) is 37.2 Å². The minimum absolute atomic E-state index is 0.0233. The highest BCUT2D eigenvalue weighted by molar-refractivity contribution is 7.99. The fraction of sp³-hybridized carbons (Fsp3) is 0.217. The van der Waals surface area contributed by atoms with E-state index >= 15 is 0 Å². The van der Waals surface area contributed by atoms with Gasteiger partial charge in [0.2, 0.25) is 5.91 Å². The van der Waals surface area contributed by atoms with Crippen LogP contribution in [0.1, 0.15) is 34.2 Å². The highest BCUT2D eigenvalue weighted by Crippen LogP contribution is 2.30. The van der Waals surface area contributed by atoms with Gasteiger partial charge in [-0.1, -0.05) is 0 Å². The molecule has 1 aliphatic rings. The van der Waals surface area contributed by atoms with Crippen LogP contribution in [0.15, 0.2) is 58.6 Å². The summed E-state index contributed by atoms with van der Waals surface area (Å²) in [6.07, 6.45) is 0.766. The quantitative estimate of drug-likeness (QED) is 0.636. The number of benzene rings is 2. The van der Waals surface area contributed by atoms with Crippen molar-refractivity contribution < 1.29 is 9.59 Å². The van der Waals surface area contributed by atoms with Crippen LogP contribution in [-0.2, 0) is 11.2 Å². The van der Waals surface area contributed by atoms with Crippen LogP contribution in [0.4, 0.5) is 11.4 Å². The van der Waals surface area contributed by atoms with E-state index in [2.05, 4.69) is 15.3 Å². The first-order valence-electron chi connectivity index (χ1n) is 9.71. The Balaban J connectivity index is 1.43. The molecule has 1 aromatic heterocycles. The second kappa shape index (κ2) is 8.28. The summed E-state index contributed by atoms with van der Waals surface area (Å²) in [5.41, 5.74) is 5.11. The fourth-order valence-electron chi connectivity index (χ4n) is 3.52. The predicted molar refractivity (Wildman–Crippen MR) is 118 cm³/mol. The van der Waals surface area contributed by atoms with Crippen LogP contribution in [0.25, 0.3) is 0 Å². The van der Waals surface area contributed by atoms with Crippen LogP contribution in [0.2, 0.25) is 0 Å². The molecular weight excluding hydrogens is 396 g/mol. The fourth-order valence-corrected chi connectivity index (χ4v) is 4.39. The van der Waals surface area contributed by atoms with Crippen molar-refractivity contribution >= 4 is 35.0 Å². The number of amides is 2. The molecule has 0 bridgehead atoms. The van der Waals surface area contributed by atoms with Gasteiger partial charge < -0.3 is 10.2 Å². The Morgan fingerprint density at radius 2 is 1.70 bits per heavy atom. The van der Waals surface area contributed by atoms with Gasteiger partial charge in [-0.25, -0.2) is 9.97 Å². The number of anilines is 2. The second-order valence-corrected chi connectivity index (χ2v) is 8.32. The molecule has 0 saturated carbocycles. The third-order valence-corrected chi connectivity index (χ3v) is 5.77. The van der Waals surface area contributed by atoms with Crippen molar-refractivity contribution in [1.29, 1.82) is 0 Å². The predicted octanol–water partition coefficient (Wildman–Crippen LogP) is 4.41. The first kappa shape index (κ1) is 20.1. The van der Waals surface area contributed by atoms with Gasteiger partial charge >= 0.3 is 0 Å². The Bertz CT molecular complexity index is 1110. The molecule has 3 aromatic rings. The molecule has 4 rings (SSSR count). The number of hydrogen-bond acceptors (Lipinski definition) is 5. The van der Waals surface area contributed by atoms with E-state index in [9.17, 15) is 9.59 Å². The molecule has 30 heavy (non-hydrogen) atoms. The van der Waals surface area contributed by atoms with Gasteiger partial charge in [-0.3, -0.25) is 9.59 Å². The molecule has 0 aliphatic carbocycles. The van der Waals surface area contributed by atoms with Crippen LogP contribution in [0.3, 0.4) is 0 Å². The third-order valence-electron chi connectivity index (χ3n) is 4.90. The molecule has 7 heteroatoms. The Morgan fingerprint density at radius 1 is 1.00 bits per heavy atom. The molecule has 152 valence electrons. The zero-order valence-corrected chi connectivity index (χ0v) is 17.9. The van der Waals surface area contributed by atoms with Gasteiger partial charge in [-0.2, -0.15) is 0 Å². The summed E-state index contributed by atoms with van der Waals surface area (Å²) in [5.74, 6) is -0.146. The maximum absolute atomic E-state index is 12.7. The number of aryl methyl sites for hydroxylation is 2. The van der Waals surface area contributed by atoms with E-state index in [1.54, 1.807) is 17.9 Å². The Kier molecular flexibility index (Phi) is 5.55. The number of nitrogens with zero attached hydrogens (tertiary/aromatic N) is 3. The van der Waals surface area contributed by atoms with Crippen molar-refractivity contribution in [2.24, 2.45) is 0 Å². The average molecular weight is 419 g/mol. The molecule has 2 aromatic carbocycles. The third kappa shape index (κ3) is 4.36. The van der Waals surface area contributed by atoms with Gasteiger partial charge in [0.25, 0.3) is 5.91 Å². The molecule has 0 spiro atoms. The minimum Gasteiger partial charge on any atom is -0.322 e. The van der Waals surface area contributed by atoms with Crippen LogP contribution in [0, 0.1) is 13.8 Å². The van der Waals surface area contributed by atoms with Crippen molar-refractivity contribution in [3.05, 3.63) is 71.0 Å². The van der Waals surface area contributed by atoms with Gasteiger partial charge in [0.05, 0.1) is 0 Å². The standard InChI is InChI=1S/C23H22N4O2S/c1-14-12-15(2)25-23(24-14)30-20-7-5-19(6-8-20)26-22(29)18-4-9-21-17(13-18)10-11-27(21)16(3)28/h4-9,12-13H,10-11H2,1-3H3,(H,26,29). The van der Waals surface area contributed by atoms with E-state index < -0.39 is 0 Å². The molecule has 0 saturated heterocycles. The number of carbonyl (C=O) groups is 2. The summed E-state index contributed by atoms with van der Waals surface area (Å²) in [6, 6.07) is 15.0. The molecule has 2 heterocycles. The lowest BCUT2D eigenvalue weighted by Gasteiger charge is -2.14. The number of nitrogens with one attached hydrogen (secondary N) is 1. The second-order valence-electron chi connectivity index (χ2n) is 7.28. The first-order chi connectivity index (χ1) is 14.4.